The van der Waals surface area contributed by atoms with Crippen molar-refractivity contribution < 1.29 is 29.3 Å². The van der Waals surface area contributed by atoms with E-state index in [9.17, 15) is 19.8 Å². The van der Waals surface area contributed by atoms with E-state index in [1.54, 1.807) is 19.2 Å². The second kappa shape index (κ2) is 10.0. The van der Waals surface area contributed by atoms with Gasteiger partial charge < -0.3 is 19.7 Å². The molecule has 7 atom stereocenters. The van der Waals surface area contributed by atoms with Gasteiger partial charge in [-0.3, -0.25) is 14.6 Å². The highest BCUT2D eigenvalue weighted by Gasteiger charge is 2.53. The highest BCUT2D eigenvalue weighted by molar-refractivity contribution is 9.10. The molecule has 7 nitrogen and oxygen atoms in total. The fraction of sp³-hybridized carbons (Fsp3) is 0.577. The number of hydrogen-bond acceptors (Lipinski definition) is 7. The second-order valence-electron chi connectivity index (χ2n) is 9.96. The number of aromatic nitrogens is 1. The number of rotatable bonds is 2. The Labute approximate surface area is 208 Å². The number of ether oxygens (including phenoxy) is 2. The average molecular weight is 534 g/mol. The van der Waals surface area contributed by atoms with Crippen molar-refractivity contribution in [1.82, 2.24) is 4.98 Å². The van der Waals surface area contributed by atoms with Gasteiger partial charge in [-0.25, -0.2) is 0 Å². The molecule has 4 rings (SSSR count). The number of cyclic esters (lactones) is 1. The van der Waals surface area contributed by atoms with Crippen molar-refractivity contribution in [3.8, 4) is 0 Å². The minimum atomic E-state index is -1.26. The number of Topliss-reactive ketones (excluding diaryl/α,β-unsaturated/α-hetero) is 1. The van der Waals surface area contributed by atoms with Crippen molar-refractivity contribution in [3.63, 3.8) is 0 Å². The van der Waals surface area contributed by atoms with Crippen LogP contribution in [0, 0.1) is 11.8 Å². The monoisotopic (exact) mass is 533 g/mol. The van der Waals surface area contributed by atoms with E-state index in [0.29, 0.717) is 12.8 Å². The maximum absolute atomic E-state index is 12.8. The van der Waals surface area contributed by atoms with E-state index in [1.165, 1.54) is 0 Å². The predicted octanol–water partition coefficient (Wildman–Crippen LogP) is 3.76. The maximum Gasteiger partial charge on any atom is 0.309 e. The first-order chi connectivity index (χ1) is 16.1. The fourth-order valence-electron chi connectivity index (χ4n) is 5.02. The first-order valence-corrected chi connectivity index (χ1v) is 12.7. The van der Waals surface area contributed by atoms with E-state index in [4.69, 9.17) is 9.47 Å². The van der Waals surface area contributed by atoms with Crippen LogP contribution in [0.5, 0.6) is 0 Å². The number of carbonyl (C=O) groups is 2. The highest BCUT2D eigenvalue weighted by Crippen LogP contribution is 2.45. The van der Waals surface area contributed by atoms with Crippen LogP contribution in [0.3, 0.4) is 0 Å². The van der Waals surface area contributed by atoms with Crippen LogP contribution < -0.4 is 0 Å². The molecule has 34 heavy (non-hydrogen) atoms. The predicted molar refractivity (Wildman–Crippen MR) is 130 cm³/mol. The zero-order chi connectivity index (χ0) is 24.6. The first kappa shape index (κ1) is 25.2. The summed E-state index contributed by atoms with van der Waals surface area (Å²) in [6.07, 6.45) is 5.07. The van der Waals surface area contributed by atoms with Gasteiger partial charge in [0.25, 0.3) is 0 Å². The number of ketones is 1. The van der Waals surface area contributed by atoms with Crippen LogP contribution in [0.15, 0.2) is 40.0 Å². The molecule has 0 spiro atoms. The molecule has 184 valence electrons. The van der Waals surface area contributed by atoms with Crippen LogP contribution in [0.4, 0.5) is 0 Å². The number of nitrogens with zero attached hydrogens (tertiary/aromatic N) is 1. The Kier molecular flexibility index (Phi) is 7.43. The van der Waals surface area contributed by atoms with Crippen molar-refractivity contribution in [1.29, 1.82) is 0 Å². The Balaban J connectivity index is 1.59. The number of esters is 1. The molecule has 1 fully saturated rings. The van der Waals surface area contributed by atoms with Gasteiger partial charge in [-0.05, 0) is 72.8 Å². The van der Waals surface area contributed by atoms with Gasteiger partial charge in [0, 0.05) is 34.5 Å². The number of fused-ring (bicyclic) bond motifs is 2. The summed E-state index contributed by atoms with van der Waals surface area (Å²) in [5.74, 6) is -1.77. The molecule has 1 saturated heterocycles. The molecule has 2 N–H and O–H groups in total. The molecule has 0 amide bonds. The summed E-state index contributed by atoms with van der Waals surface area (Å²) < 4.78 is 12.7. The first-order valence-electron chi connectivity index (χ1n) is 11.9. The quantitative estimate of drug-likeness (QED) is 0.439. The van der Waals surface area contributed by atoms with E-state index in [2.05, 4.69) is 27.8 Å². The van der Waals surface area contributed by atoms with Gasteiger partial charge in [-0.2, -0.15) is 0 Å². The minimum absolute atomic E-state index is 0.0534. The van der Waals surface area contributed by atoms with Crippen molar-refractivity contribution in [2.24, 2.45) is 11.8 Å². The smallest absolute Gasteiger partial charge is 0.309 e. The van der Waals surface area contributed by atoms with Crippen molar-refractivity contribution in [2.45, 2.75) is 82.9 Å². The van der Waals surface area contributed by atoms with E-state index < -0.39 is 30.2 Å². The summed E-state index contributed by atoms with van der Waals surface area (Å²) in [5.41, 5.74) is 1.46. The van der Waals surface area contributed by atoms with Gasteiger partial charge >= 0.3 is 5.97 Å². The van der Waals surface area contributed by atoms with Crippen LogP contribution in [0.25, 0.3) is 6.08 Å². The van der Waals surface area contributed by atoms with Gasteiger partial charge in [0.2, 0.25) is 0 Å². The summed E-state index contributed by atoms with van der Waals surface area (Å²) in [6, 6.07) is 3.76. The lowest BCUT2D eigenvalue weighted by Crippen LogP contribution is -2.40. The summed E-state index contributed by atoms with van der Waals surface area (Å²) in [4.78, 5) is 29.9. The third-order valence-corrected chi connectivity index (χ3v) is 7.81. The lowest BCUT2D eigenvalue weighted by molar-refractivity contribution is -0.149. The number of carbonyl (C=O) groups excluding carboxylic acids is 2. The Morgan fingerprint density at radius 3 is 2.76 bits per heavy atom. The number of pyridine rings is 1. The van der Waals surface area contributed by atoms with Crippen LogP contribution in [-0.2, 0) is 19.1 Å². The Morgan fingerprint density at radius 1 is 1.29 bits per heavy atom. The zero-order valence-electron chi connectivity index (χ0n) is 19.7. The summed E-state index contributed by atoms with van der Waals surface area (Å²) in [5, 5.41) is 21.3. The maximum atomic E-state index is 12.8. The highest BCUT2D eigenvalue weighted by atomic mass is 79.9. The van der Waals surface area contributed by atoms with Crippen LogP contribution in [-0.4, -0.2) is 57.0 Å². The molecule has 2 aliphatic heterocycles. The molecule has 3 heterocycles. The normalized spacial score (nSPS) is 37.2. The van der Waals surface area contributed by atoms with Gasteiger partial charge in [0.15, 0.2) is 5.78 Å². The molecule has 0 saturated carbocycles. The van der Waals surface area contributed by atoms with E-state index in [0.717, 1.165) is 28.6 Å². The SMILES string of the molecule is C/C(=C\c1ccc(Br)cn1)[C@@H]1C[C@@H]2O[C@]2(C)CCC[C@@H]2C=C(C(=O)[C@H](C)[C@H]2O)[C@@H](O)CC(=O)O1. The Bertz CT molecular complexity index is 1010. The van der Waals surface area contributed by atoms with Crippen molar-refractivity contribution in [2.75, 3.05) is 0 Å². The number of aliphatic hydroxyl groups excluding tert-OH is 2. The average Bonchev–Trinajstić information content (AvgIpc) is 3.42. The summed E-state index contributed by atoms with van der Waals surface area (Å²) in [6.45, 7) is 5.62. The third kappa shape index (κ3) is 5.51. The molecule has 2 bridgehead atoms. The Morgan fingerprint density at radius 2 is 2.06 bits per heavy atom. The standard InChI is InChI=1S/C26H32BrNO6/c1-14(9-18-7-6-17(27)13-28-18)21-12-22-26(3,34-22)8-4-5-16-10-19(20(29)11-23(30)33-21)25(32)15(2)24(16)31/h6-7,9-10,13,15-16,20-22,24,29,31H,4-5,8,11-12H2,1-3H3/b14-9+/t15-,16-,20+,21+,22+,24-,26-/m1/s1. The molecule has 1 aliphatic carbocycles. The molecule has 3 aliphatic rings. The van der Waals surface area contributed by atoms with Crippen LogP contribution in [0.2, 0.25) is 0 Å². The molecular weight excluding hydrogens is 502 g/mol. The second-order valence-corrected chi connectivity index (χ2v) is 10.9. The lowest BCUT2D eigenvalue weighted by atomic mass is 9.75. The van der Waals surface area contributed by atoms with E-state index in [1.807, 2.05) is 25.1 Å². The molecule has 0 unspecified atom stereocenters. The molecule has 0 aromatic carbocycles. The fourth-order valence-corrected chi connectivity index (χ4v) is 5.26. The van der Waals surface area contributed by atoms with E-state index in [-0.39, 0.29) is 35.4 Å². The molecule has 1 aromatic rings. The zero-order valence-corrected chi connectivity index (χ0v) is 21.3. The molecule has 1 aromatic heterocycles. The van der Waals surface area contributed by atoms with Gasteiger partial charge in [-0.1, -0.05) is 13.0 Å². The van der Waals surface area contributed by atoms with Gasteiger partial charge in [0.1, 0.15) is 6.10 Å². The molecule has 0 radical (unpaired) electrons. The van der Waals surface area contributed by atoms with Gasteiger partial charge in [-0.15, -0.1) is 0 Å². The van der Waals surface area contributed by atoms with E-state index >= 15 is 0 Å². The van der Waals surface area contributed by atoms with Crippen LogP contribution >= 0.6 is 15.9 Å². The summed E-state index contributed by atoms with van der Waals surface area (Å²) >= 11 is 3.38. The number of epoxide rings is 1. The third-order valence-electron chi connectivity index (χ3n) is 7.34. The largest absolute Gasteiger partial charge is 0.458 e. The molecular formula is C26H32BrNO6. The Hall–Kier alpha value is -1.87. The number of aliphatic hydroxyl groups is 2. The van der Waals surface area contributed by atoms with Crippen molar-refractivity contribution in [3.05, 3.63) is 45.7 Å². The molecule has 8 heteroatoms. The number of hydrogen-bond donors (Lipinski definition) is 2. The van der Waals surface area contributed by atoms with Gasteiger partial charge in [0.05, 0.1) is 36.0 Å². The topological polar surface area (TPSA) is 109 Å². The number of halogens is 1. The minimum Gasteiger partial charge on any atom is -0.458 e. The lowest BCUT2D eigenvalue weighted by Gasteiger charge is -2.32. The summed E-state index contributed by atoms with van der Waals surface area (Å²) in [7, 11) is 0. The van der Waals surface area contributed by atoms with Crippen LogP contribution in [0.1, 0.15) is 58.6 Å². The van der Waals surface area contributed by atoms with Crippen molar-refractivity contribution >= 4 is 33.8 Å².